The predicted octanol–water partition coefficient (Wildman–Crippen LogP) is -4.15. The van der Waals surface area contributed by atoms with Gasteiger partial charge in [0.1, 0.15) is 36.2 Å². The van der Waals surface area contributed by atoms with Crippen molar-refractivity contribution in [3.63, 3.8) is 0 Å². The summed E-state index contributed by atoms with van der Waals surface area (Å²) in [6.07, 6.45) is -0.480. The van der Waals surface area contributed by atoms with Crippen molar-refractivity contribution < 1.29 is 63.3 Å². The molecule has 0 unspecified atom stereocenters. The third kappa shape index (κ3) is 17.2. The van der Waals surface area contributed by atoms with Crippen LogP contribution in [-0.2, 0) is 44.5 Å². The zero-order valence-corrected chi connectivity index (χ0v) is 30.5. The zero-order valence-electron chi connectivity index (χ0n) is 29.6. The van der Waals surface area contributed by atoms with Crippen LogP contribution >= 0.6 is 7.82 Å². The predicted molar refractivity (Wildman–Crippen MR) is 184 cm³/mol. The minimum atomic E-state index is -4.80. The molecule has 1 rings (SSSR count). The minimum Gasteiger partial charge on any atom is -0.404 e. The van der Waals surface area contributed by atoms with Gasteiger partial charge in [0.25, 0.3) is 0 Å². The second-order valence-electron chi connectivity index (χ2n) is 12.9. The Labute approximate surface area is 301 Å². The van der Waals surface area contributed by atoms with Gasteiger partial charge in [-0.05, 0) is 42.4 Å². The van der Waals surface area contributed by atoms with Gasteiger partial charge in [0, 0.05) is 6.42 Å². The summed E-state index contributed by atoms with van der Waals surface area (Å²) in [5, 5.41) is 22.4. The Hall–Kier alpha value is -4.46. The Morgan fingerprint density at radius 1 is 0.827 bits per heavy atom. The number of rotatable bonds is 24. The fourth-order valence-corrected chi connectivity index (χ4v) is 5.08. The number of nitrogens with one attached hydrogen (secondary N) is 5. The van der Waals surface area contributed by atoms with E-state index in [9.17, 15) is 43.2 Å². The Kier molecular flexibility index (Phi) is 19.1. The van der Waals surface area contributed by atoms with Crippen molar-refractivity contribution in [1.29, 1.82) is 0 Å². The lowest BCUT2D eigenvalue weighted by Crippen LogP contribution is -2.68. The molecule has 0 heterocycles. The van der Waals surface area contributed by atoms with Gasteiger partial charge in [-0.2, -0.15) is 0 Å². The topological polar surface area (TPSA) is 346 Å². The highest BCUT2D eigenvalue weighted by molar-refractivity contribution is 7.46. The van der Waals surface area contributed by atoms with Crippen molar-refractivity contribution in [2.24, 2.45) is 23.3 Å². The number of hydrogen-bond acceptors (Lipinski definition) is 11. The number of nitrogens with two attached hydrogens (primary N) is 2. The number of aliphatic hydroxyl groups excluding tert-OH is 1. The van der Waals surface area contributed by atoms with Crippen molar-refractivity contribution in [3.8, 4) is 5.75 Å². The monoisotopic (exact) mass is 759 g/mol. The van der Waals surface area contributed by atoms with Gasteiger partial charge in [0.05, 0.1) is 31.7 Å². The van der Waals surface area contributed by atoms with Crippen LogP contribution in [-0.4, -0.2) is 106 Å². The number of phosphoric ester groups is 1. The van der Waals surface area contributed by atoms with Gasteiger partial charge < -0.3 is 52.9 Å². The standard InChI is InChI=1S/C31H51N8O12P/c1-16(2)26(30(46)36-20(15-41)7-10-24(33)42)39-29(45)23(12-25(34)43)37-31(47)27(17(3)4)38-28(44)22(35-13-19(32)14-40)11-18-5-8-21(9-6-18)51-52(48,49)50/h5-6,8-9,15-17,19-20,22-23,26-27,35,40H,7,10-14,32H2,1-4H3,(H2,33,42)(H2,34,43)(H,36,46)(H,37,47)(H,38,44)(H,39,45)(H2,48,49,50)/p+1/t19-,20+,22+,23+,26+,27+/m1/s1. The van der Waals surface area contributed by atoms with Gasteiger partial charge in [0.15, 0.2) is 0 Å². The van der Waals surface area contributed by atoms with Crippen LogP contribution in [0.2, 0.25) is 0 Å². The van der Waals surface area contributed by atoms with Crippen LogP contribution in [0, 0.1) is 11.8 Å². The van der Waals surface area contributed by atoms with Crippen LogP contribution < -0.4 is 48.3 Å². The van der Waals surface area contributed by atoms with E-state index >= 15 is 0 Å². The number of quaternary nitrogens is 1. The van der Waals surface area contributed by atoms with E-state index in [-0.39, 0.29) is 38.2 Å². The number of aldehydes is 1. The maximum absolute atomic E-state index is 13.6. The molecule has 0 fully saturated rings. The van der Waals surface area contributed by atoms with Gasteiger partial charge in [-0.3, -0.25) is 43.9 Å². The molecule has 0 aliphatic heterocycles. The number of amides is 6. The average Bonchev–Trinajstić information content (AvgIpc) is 3.04. The number of hydrogen-bond donors (Lipinski definition) is 11. The Morgan fingerprint density at radius 3 is 1.79 bits per heavy atom. The molecule has 0 aromatic heterocycles. The summed E-state index contributed by atoms with van der Waals surface area (Å²) in [7, 11) is -4.80. The summed E-state index contributed by atoms with van der Waals surface area (Å²) < 4.78 is 15.7. The molecule has 0 saturated carbocycles. The maximum Gasteiger partial charge on any atom is 0.524 e. The normalized spacial score (nSPS) is 15.0. The van der Waals surface area contributed by atoms with Crippen LogP contribution in [0.25, 0.3) is 0 Å². The number of primary amides is 2. The molecule has 0 bridgehead atoms. The lowest BCUT2D eigenvalue weighted by Gasteiger charge is -2.29. The number of phosphoric acid groups is 1. The highest BCUT2D eigenvalue weighted by Gasteiger charge is 2.34. The molecule has 0 radical (unpaired) electrons. The van der Waals surface area contributed by atoms with Crippen molar-refractivity contribution >= 4 is 49.6 Å². The zero-order chi connectivity index (χ0) is 39.8. The van der Waals surface area contributed by atoms with E-state index < -0.39 is 97.8 Å². The Morgan fingerprint density at radius 2 is 1.35 bits per heavy atom. The number of carbonyl (C=O) groups excluding carboxylic acids is 7. The highest BCUT2D eigenvalue weighted by atomic mass is 31.2. The number of carbonyl (C=O) groups is 7. The lowest BCUT2D eigenvalue weighted by atomic mass is 9.99. The molecular weight excluding hydrogens is 707 g/mol. The largest absolute Gasteiger partial charge is 0.524 e. The summed E-state index contributed by atoms with van der Waals surface area (Å²) in [6.45, 7) is 6.24. The van der Waals surface area contributed by atoms with Crippen molar-refractivity contribution in [2.45, 2.75) is 89.6 Å². The molecule has 0 aliphatic rings. The SMILES string of the molecule is CC(C)[C@H](NC(=O)[C@H](CC(N)=O)NC(=O)[C@@H](NC(=O)[C@H](Cc1ccc(OP(=O)(O)O)cc1)NC[C@@H]([NH3+])CO)C(C)C)C(=O)N[C@H](C=O)CCC(N)=O. The molecule has 6 amide bonds. The second kappa shape index (κ2) is 21.8. The fraction of sp³-hybridized carbons (Fsp3) is 0.581. The van der Waals surface area contributed by atoms with Crippen LogP contribution in [0.15, 0.2) is 24.3 Å². The first-order valence-corrected chi connectivity index (χ1v) is 17.9. The molecule has 6 atom stereocenters. The summed E-state index contributed by atoms with van der Waals surface area (Å²) in [5.41, 5.74) is 14.8. The van der Waals surface area contributed by atoms with Crippen LogP contribution in [0.5, 0.6) is 5.75 Å². The molecule has 15 N–H and O–H groups in total. The molecule has 20 nitrogen and oxygen atoms in total. The molecule has 0 saturated heterocycles. The van der Waals surface area contributed by atoms with E-state index in [1.165, 1.54) is 24.3 Å². The van der Waals surface area contributed by atoms with Crippen molar-refractivity contribution in [1.82, 2.24) is 26.6 Å². The molecule has 1 aromatic carbocycles. The molecule has 52 heavy (non-hydrogen) atoms. The van der Waals surface area contributed by atoms with E-state index in [1.54, 1.807) is 27.7 Å². The van der Waals surface area contributed by atoms with Crippen LogP contribution in [0.1, 0.15) is 52.5 Å². The Bertz CT molecular complexity index is 1440. The highest BCUT2D eigenvalue weighted by Crippen LogP contribution is 2.37. The lowest BCUT2D eigenvalue weighted by molar-refractivity contribution is -0.422. The second-order valence-corrected chi connectivity index (χ2v) is 14.1. The third-order valence-electron chi connectivity index (χ3n) is 7.54. The molecule has 21 heteroatoms. The summed E-state index contributed by atoms with van der Waals surface area (Å²) in [4.78, 5) is 106. The first-order valence-electron chi connectivity index (χ1n) is 16.4. The van der Waals surface area contributed by atoms with Crippen LogP contribution in [0.3, 0.4) is 0 Å². The molecule has 1 aromatic rings. The fourth-order valence-electron chi connectivity index (χ4n) is 4.68. The van der Waals surface area contributed by atoms with Gasteiger partial charge in [-0.25, -0.2) is 4.57 Å². The molecular formula is C31H52N8O12P+. The van der Waals surface area contributed by atoms with E-state index in [1.807, 2.05) is 0 Å². The van der Waals surface area contributed by atoms with E-state index in [0.29, 0.717) is 11.8 Å². The third-order valence-corrected chi connectivity index (χ3v) is 7.99. The number of aliphatic hydroxyl groups is 1. The van der Waals surface area contributed by atoms with Gasteiger partial charge >= 0.3 is 7.82 Å². The average molecular weight is 760 g/mol. The maximum atomic E-state index is 13.6. The summed E-state index contributed by atoms with van der Waals surface area (Å²) >= 11 is 0. The van der Waals surface area contributed by atoms with E-state index in [4.69, 9.17) is 21.3 Å². The first-order chi connectivity index (χ1) is 24.2. The quantitative estimate of drug-likeness (QED) is 0.0353. The summed E-state index contributed by atoms with van der Waals surface area (Å²) in [5.74, 6) is -6.09. The minimum absolute atomic E-state index is 0.0193. The van der Waals surface area contributed by atoms with Crippen molar-refractivity contribution in [3.05, 3.63) is 29.8 Å². The smallest absolute Gasteiger partial charge is 0.404 e. The Balaban J connectivity index is 3.20. The number of benzene rings is 1. The van der Waals surface area contributed by atoms with Crippen LogP contribution in [0.4, 0.5) is 0 Å². The van der Waals surface area contributed by atoms with E-state index in [0.717, 1.165) is 0 Å². The summed E-state index contributed by atoms with van der Waals surface area (Å²) in [6, 6.07) is -1.09. The molecule has 0 spiro atoms. The van der Waals surface area contributed by atoms with Gasteiger partial charge in [-0.1, -0.05) is 39.8 Å². The molecule has 0 aliphatic carbocycles. The van der Waals surface area contributed by atoms with Gasteiger partial charge in [0.2, 0.25) is 35.4 Å². The first kappa shape index (κ1) is 45.6. The van der Waals surface area contributed by atoms with Crippen molar-refractivity contribution in [2.75, 3.05) is 13.2 Å². The molecule has 292 valence electrons. The van der Waals surface area contributed by atoms with E-state index in [2.05, 4.69) is 36.8 Å². The van der Waals surface area contributed by atoms with Gasteiger partial charge in [-0.15, -0.1) is 0 Å².